The van der Waals surface area contributed by atoms with Crippen LogP contribution in [0.2, 0.25) is 0 Å². The fraction of sp³-hybridized carbons (Fsp3) is 0.120. The molecule has 3 aromatic carbocycles. The third kappa shape index (κ3) is 3.90. The number of hydrogen-bond donors (Lipinski definition) is 0. The lowest BCUT2D eigenvalue weighted by molar-refractivity contribution is -0.115. The molecule has 8 heteroatoms. The molecule has 0 fully saturated rings. The summed E-state index contributed by atoms with van der Waals surface area (Å²) in [6.45, 7) is 0. The summed E-state index contributed by atoms with van der Waals surface area (Å²) >= 11 is 0. The fourth-order valence-corrected chi connectivity index (χ4v) is 4.27. The quantitative estimate of drug-likeness (QED) is 0.281. The smallest absolute Gasteiger partial charge is 0.239 e. The highest BCUT2D eigenvalue weighted by atomic mass is 19.3. The molecule has 0 N–H and O–H groups in total. The summed E-state index contributed by atoms with van der Waals surface area (Å²) in [4.78, 5) is 7.41. The molecule has 0 saturated heterocycles. The Balaban J connectivity index is 0.00000306. The van der Waals surface area contributed by atoms with Gasteiger partial charge in [0.25, 0.3) is 0 Å². The van der Waals surface area contributed by atoms with Crippen LogP contribution in [0.15, 0.2) is 103 Å². The van der Waals surface area contributed by atoms with E-state index in [1.54, 1.807) is 42.5 Å². The fourth-order valence-electron chi connectivity index (χ4n) is 4.27. The Morgan fingerprint density at radius 3 is 1.64 bits per heavy atom. The number of rotatable bonds is 6. The Bertz CT molecular complexity index is 1140. The summed E-state index contributed by atoms with van der Waals surface area (Å²) in [5.41, 5.74) is -0.252. The summed E-state index contributed by atoms with van der Waals surface area (Å²) in [6, 6.07) is 22.9. The Morgan fingerprint density at radius 2 is 1.15 bits per heavy atom. The molecule has 0 amide bonds. The molecule has 2 atom stereocenters. The first-order chi connectivity index (χ1) is 15.6. The maximum Gasteiger partial charge on any atom is 0.553 e. The molecule has 0 radical (unpaired) electrons. The van der Waals surface area contributed by atoms with Gasteiger partial charge in [0.15, 0.2) is 17.8 Å². The number of alkyl halides is 1. The maximum atomic E-state index is 15.9. The average molecular weight is 458 g/mol. The van der Waals surface area contributed by atoms with Gasteiger partial charge in [0.2, 0.25) is 0 Å². The van der Waals surface area contributed by atoms with Crippen LogP contribution < -0.4 is 0 Å². The molecule has 2 unspecified atom stereocenters. The van der Waals surface area contributed by atoms with E-state index in [-0.39, 0.29) is 35.3 Å². The van der Waals surface area contributed by atoms with Crippen molar-refractivity contribution in [3.05, 3.63) is 119 Å². The molecule has 1 aliphatic carbocycles. The van der Waals surface area contributed by atoms with Crippen LogP contribution in [-0.2, 0) is 15.0 Å². The molecule has 33 heavy (non-hydrogen) atoms. The monoisotopic (exact) mass is 458 g/mol. The second-order valence-electron chi connectivity index (χ2n) is 7.25. The molecule has 2 nitrogen and oxygen atoms in total. The van der Waals surface area contributed by atoms with Gasteiger partial charge >= 0.3 is 7.12 Å². The minimum absolute atomic E-state index is 0. The molecular formula is C25H20BF5O2. The molecule has 0 aliphatic heterocycles. The van der Waals surface area contributed by atoms with E-state index < -0.39 is 30.3 Å². The zero-order chi connectivity index (χ0) is 22.7. The van der Waals surface area contributed by atoms with E-state index in [2.05, 4.69) is 9.72 Å². The van der Waals surface area contributed by atoms with Crippen molar-refractivity contribution >= 4 is 18.3 Å². The first-order valence-electron chi connectivity index (χ1n) is 9.72. The van der Waals surface area contributed by atoms with E-state index in [1.807, 2.05) is 0 Å². The number of benzene rings is 3. The van der Waals surface area contributed by atoms with Crippen LogP contribution in [0, 0.1) is 0 Å². The normalized spacial score (nSPS) is 20.5. The second kappa shape index (κ2) is 10.1. The molecule has 0 aromatic heterocycles. The minimum Gasteiger partial charge on any atom is -0.239 e. The van der Waals surface area contributed by atoms with Crippen molar-refractivity contribution < 1.29 is 31.9 Å². The molecule has 3 aromatic rings. The minimum atomic E-state index is -2.86. The van der Waals surface area contributed by atoms with Crippen LogP contribution in [0.5, 0.6) is 0 Å². The van der Waals surface area contributed by atoms with Crippen molar-refractivity contribution in [1.82, 2.24) is 0 Å². The van der Waals surface area contributed by atoms with E-state index in [0.29, 0.717) is 0 Å². The van der Waals surface area contributed by atoms with E-state index in [4.69, 9.17) is 0 Å². The highest BCUT2D eigenvalue weighted by molar-refractivity contribution is 6.53. The molecule has 4 rings (SSSR count). The van der Waals surface area contributed by atoms with E-state index >= 15 is 13.2 Å². The van der Waals surface area contributed by atoms with Crippen LogP contribution >= 0.6 is 0 Å². The largest absolute Gasteiger partial charge is 0.553 e. The van der Waals surface area contributed by atoms with Crippen molar-refractivity contribution in [2.75, 3.05) is 0 Å². The first kappa shape index (κ1) is 24.4. The Morgan fingerprint density at radius 1 is 0.697 bits per heavy atom. The summed E-state index contributed by atoms with van der Waals surface area (Å²) < 4.78 is 73.8. The second-order valence-corrected chi connectivity index (χ2v) is 7.25. The summed E-state index contributed by atoms with van der Waals surface area (Å²) in [6.07, 6.45) is -2.86. The van der Waals surface area contributed by atoms with Gasteiger partial charge in [0, 0.05) is 5.57 Å². The highest BCUT2D eigenvalue weighted by Gasteiger charge is 2.63. The first-order valence-corrected chi connectivity index (χ1v) is 9.72. The molecular weight excluding hydrogens is 438 g/mol. The van der Waals surface area contributed by atoms with Gasteiger partial charge in [0.1, 0.15) is 0 Å². The molecule has 1 aliphatic rings. The van der Waals surface area contributed by atoms with Gasteiger partial charge in [-0.1, -0.05) is 107 Å². The van der Waals surface area contributed by atoms with Gasteiger partial charge in [0.05, 0.1) is 5.31 Å². The maximum absolute atomic E-state index is 15.9. The summed E-state index contributed by atoms with van der Waals surface area (Å²) in [7, 11) is -2.58. The molecule has 0 bridgehead atoms. The SMILES string of the molecule is C.FOB(OF)C1(c2ccccc2)C(c2ccccc2)=C(c2ccccc2)C(F)=C(F)C1F. The third-order valence-corrected chi connectivity index (χ3v) is 5.63. The van der Waals surface area contributed by atoms with Gasteiger partial charge in [-0.2, -0.15) is 0 Å². The van der Waals surface area contributed by atoms with Crippen molar-refractivity contribution in [3.63, 3.8) is 0 Å². The van der Waals surface area contributed by atoms with Gasteiger partial charge in [-0.3, -0.25) is 0 Å². The molecule has 170 valence electrons. The van der Waals surface area contributed by atoms with Crippen LogP contribution in [-0.4, -0.2) is 13.3 Å². The summed E-state index contributed by atoms with van der Waals surface area (Å²) in [5.74, 6) is -3.28. The van der Waals surface area contributed by atoms with Crippen LogP contribution in [0.3, 0.4) is 0 Å². The molecule has 0 heterocycles. The van der Waals surface area contributed by atoms with E-state index in [0.717, 1.165) is 0 Å². The standard InChI is InChI=1S/C24H16BF5O2.CH4/c26-21-19(16-10-4-1-5-11-16)20(17-12-6-2-7-13-17)24(23(28)22(21)27,25(31-29)32-30)18-14-8-3-9-15-18;/h1-15,23H;1H4. The number of hydrogen-bond acceptors (Lipinski definition) is 2. The topological polar surface area (TPSA) is 18.5 Å². The number of allylic oxidation sites excluding steroid dienone is 4. The Labute approximate surface area is 188 Å². The van der Waals surface area contributed by atoms with Crippen LogP contribution in [0.1, 0.15) is 24.1 Å². The van der Waals surface area contributed by atoms with E-state index in [9.17, 15) is 9.05 Å². The Hall–Kier alpha value is -3.23. The van der Waals surface area contributed by atoms with Gasteiger partial charge in [-0.15, -0.1) is 0 Å². The zero-order valence-corrected chi connectivity index (χ0v) is 16.5. The third-order valence-electron chi connectivity index (χ3n) is 5.63. The van der Waals surface area contributed by atoms with Crippen molar-refractivity contribution in [2.24, 2.45) is 0 Å². The highest BCUT2D eigenvalue weighted by Crippen LogP contribution is 2.56. The molecule has 0 saturated carbocycles. The predicted octanol–water partition coefficient (Wildman–Crippen LogP) is 7.50. The van der Waals surface area contributed by atoms with Crippen LogP contribution in [0.25, 0.3) is 11.1 Å². The lowest BCUT2D eigenvalue weighted by Gasteiger charge is -2.42. The number of halogens is 5. The van der Waals surface area contributed by atoms with Gasteiger partial charge in [-0.25, -0.2) is 22.9 Å². The zero-order valence-electron chi connectivity index (χ0n) is 16.5. The van der Waals surface area contributed by atoms with E-state index in [1.165, 1.54) is 48.5 Å². The van der Waals surface area contributed by atoms with Crippen molar-refractivity contribution in [1.29, 1.82) is 0 Å². The Kier molecular flexibility index (Phi) is 7.51. The summed E-state index contributed by atoms with van der Waals surface area (Å²) in [5, 5.41) is -2.56. The van der Waals surface area contributed by atoms with Crippen molar-refractivity contribution in [3.8, 4) is 0 Å². The predicted molar refractivity (Wildman–Crippen MR) is 119 cm³/mol. The van der Waals surface area contributed by atoms with Crippen LogP contribution in [0.4, 0.5) is 22.2 Å². The molecule has 0 spiro atoms. The van der Waals surface area contributed by atoms with Crippen molar-refractivity contribution in [2.45, 2.75) is 18.9 Å². The van der Waals surface area contributed by atoms with Gasteiger partial charge in [-0.05, 0) is 22.3 Å². The lowest BCUT2D eigenvalue weighted by atomic mass is 9.45. The average Bonchev–Trinajstić information content (AvgIpc) is 2.86. The van der Waals surface area contributed by atoms with Gasteiger partial charge < -0.3 is 0 Å². The lowest BCUT2D eigenvalue weighted by Crippen LogP contribution is -2.55.